The second kappa shape index (κ2) is 4.28. The summed E-state index contributed by atoms with van der Waals surface area (Å²) >= 11 is 5.88. The predicted octanol–water partition coefficient (Wildman–Crippen LogP) is 2.83. The smallest absolute Gasteiger partial charge is 0.308 e. The first kappa shape index (κ1) is 10.1. The molecule has 0 N–H and O–H groups in total. The lowest BCUT2D eigenvalue weighted by atomic mass is 10.2. The molecule has 0 radical (unpaired) electrons. The molecule has 0 spiro atoms. The lowest BCUT2D eigenvalue weighted by molar-refractivity contribution is -0.131. The Morgan fingerprint density at radius 2 is 2.23 bits per heavy atom. The van der Waals surface area contributed by atoms with Crippen molar-refractivity contribution in [2.45, 2.75) is 20.3 Å². The molecular formula is C10H11ClO2. The second-order valence-electron chi connectivity index (χ2n) is 2.71. The van der Waals surface area contributed by atoms with Gasteiger partial charge in [-0.05, 0) is 24.1 Å². The van der Waals surface area contributed by atoms with Crippen LogP contribution in [-0.2, 0) is 11.2 Å². The van der Waals surface area contributed by atoms with Crippen LogP contribution in [0.25, 0.3) is 0 Å². The lowest BCUT2D eigenvalue weighted by Crippen LogP contribution is -2.01. The molecule has 1 aromatic carbocycles. The third-order valence-electron chi connectivity index (χ3n) is 1.66. The van der Waals surface area contributed by atoms with Crippen molar-refractivity contribution in [3.63, 3.8) is 0 Å². The molecule has 0 aliphatic rings. The molecule has 0 amide bonds. The quantitative estimate of drug-likeness (QED) is 0.540. The van der Waals surface area contributed by atoms with Crippen LogP contribution in [0.1, 0.15) is 19.4 Å². The van der Waals surface area contributed by atoms with E-state index >= 15 is 0 Å². The molecule has 0 heterocycles. The standard InChI is InChI=1S/C10H11ClO2/c1-3-8-4-5-10(9(11)6-8)13-7(2)12/h4-6H,3H2,1-2H3. The summed E-state index contributed by atoms with van der Waals surface area (Å²) in [5.74, 6) is 0.0671. The van der Waals surface area contributed by atoms with Crippen LogP contribution in [0.3, 0.4) is 0 Å². The molecule has 1 rings (SSSR count). The minimum absolute atomic E-state index is 0.355. The minimum Gasteiger partial charge on any atom is -0.425 e. The molecule has 0 aromatic heterocycles. The Kier molecular flexibility index (Phi) is 3.32. The van der Waals surface area contributed by atoms with E-state index in [9.17, 15) is 4.79 Å². The third kappa shape index (κ3) is 2.74. The SMILES string of the molecule is CCc1ccc(OC(C)=O)c(Cl)c1. The number of hydrogen-bond donors (Lipinski definition) is 0. The number of carbonyl (C=O) groups is 1. The van der Waals surface area contributed by atoms with E-state index in [0.717, 1.165) is 12.0 Å². The first-order valence-electron chi connectivity index (χ1n) is 4.10. The van der Waals surface area contributed by atoms with Crippen molar-refractivity contribution < 1.29 is 9.53 Å². The van der Waals surface area contributed by atoms with E-state index in [2.05, 4.69) is 0 Å². The first-order chi connectivity index (χ1) is 6.13. The Bertz CT molecular complexity index is 321. The Balaban J connectivity index is 2.91. The summed E-state index contributed by atoms with van der Waals surface area (Å²) in [5.41, 5.74) is 1.13. The van der Waals surface area contributed by atoms with E-state index in [4.69, 9.17) is 16.3 Å². The Morgan fingerprint density at radius 3 is 2.69 bits per heavy atom. The van der Waals surface area contributed by atoms with Crippen molar-refractivity contribution in [3.05, 3.63) is 28.8 Å². The number of ether oxygens (including phenoxy) is 1. The molecule has 1 aromatic rings. The van der Waals surface area contributed by atoms with Gasteiger partial charge in [0.25, 0.3) is 0 Å². The van der Waals surface area contributed by atoms with Crippen molar-refractivity contribution in [2.75, 3.05) is 0 Å². The van der Waals surface area contributed by atoms with Gasteiger partial charge in [0, 0.05) is 6.92 Å². The van der Waals surface area contributed by atoms with Gasteiger partial charge in [0.15, 0.2) is 0 Å². The van der Waals surface area contributed by atoms with Gasteiger partial charge in [-0.3, -0.25) is 4.79 Å². The summed E-state index contributed by atoms with van der Waals surface area (Å²) in [4.78, 5) is 10.6. The molecule has 2 nitrogen and oxygen atoms in total. The van der Waals surface area contributed by atoms with Crippen LogP contribution in [0.15, 0.2) is 18.2 Å². The summed E-state index contributed by atoms with van der Waals surface area (Å²) in [6.07, 6.45) is 0.917. The summed E-state index contributed by atoms with van der Waals surface area (Å²) in [6.45, 7) is 3.39. The predicted molar refractivity (Wildman–Crippen MR) is 52.1 cm³/mol. The number of hydrogen-bond acceptors (Lipinski definition) is 2. The second-order valence-corrected chi connectivity index (χ2v) is 3.12. The number of esters is 1. The highest BCUT2D eigenvalue weighted by Gasteiger charge is 2.04. The molecule has 0 aliphatic heterocycles. The van der Waals surface area contributed by atoms with E-state index in [1.807, 2.05) is 13.0 Å². The van der Waals surface area contributed by atoms with Crippen LogP contribution in [0, 0.1) is 0 Å². The maximum absolute atomic E-state index is 10.6. The van der Waals surface area contributed by atoms with Crippen LogP contribution >= 0.6 is 11.6 Å². The van der Waals surface area contributed by atoms with Crippen molar-refractivity contribution in [2.24, 2.45) is 0 Å². The summed E-state index contributed by atoms with van der Waals surface area (Å²) < 4.78 is 4.87. The van der Waals surface area contributed by atoms with Crippen molar-refractivity contribution in [1.29, 1.82) is 0 Å². The van der Waals surface area contributed by atoms with Crippen molar-refractivity contribution in [3.8, 4) is 5.75 Å². The maximum atomic E-state index is 10.6. The van der Waals surface area contributed by atoms with E-state index in [0.29, 0.717) is 10.8 Å². The van der Waals surface area contributed by atoms with Gasteiger partial charge < -0.3 is 4.74 Å². The van der Waals surface area contributed by atoms with E-state index in [1.165, 1.54) is 6.92 Å². The highest BCUT2D eigenvalue weighted by Crippen LogP contribution is 2.25. The van der Waals surface area contributed by atoms with Gasteiger partial charge in [0.1, 0.15) is 5.75 Å². The fourth-order valence-corrected chi connectivity index (χ4v) is 1.24. The molecule has 13 heavy (non-hydrogen) atoms. The molecule has 0 fully saturated rings. The number of halogens is 1. The Hall–Kier alpha value is -1.02. The molecule has 0 saturated heterocycles. The lowest BCUT2D eigenvalue weighted by Gasteiger charge is -2.04. The topological polar surface area (TPSA) is 26.3 Å². The van der Waals surface area contributed by atoms with Gasteiger partial charge in [0.05, 0.1) is 5.02 Å². The molecule has 3 heteroatoms. The van der Waals surface area contributed by atoms with Gasteiger partial charge in [-0.2, -0.15) is 0 Å². The average molecular weight is 199 g/mol. The molecule has 70 valence electrons. The summed E-state index contributed by atoms with van der Waals surface area (Å²) in [7, 11) is 0. The monoisotopic (exact) mass is 198 g/mol. The van der Waals surface area contributed by atoms with Gasteiger partial charge in [-0.25, -0.2) is 0 Å². The fourth-order valence-electron chi connectivity index (χ4n) is 1.00. The average Bonchev–Trinajstić information content (AvgIpc) is 2.08. The van der Waals surface area contributed by atoms with Gasteiger partial charge in [0.2, 0.25) is 0 Å². The molecular weight excluding hydrogens is 188 g/mol. The van der Waals surface area contributed by atoms with Gasteiger partial charge in [-0.15, -0.1) is 0 Å². The minimum atomic E-state index is -0.355. The van der Waals surface area contributed by atoms with Crippen LogP contribution in [-0.4, -0.2) is 5.97 Å². The Labute approximate surface area is 82.5 Å². The third-order valence-corrected chi connectivity index (χ3v) is 1.95. The molecule has 0 atom stereocenters. The first-order valence-corrected chi connectivity index (χ1v) is 4.48. The Morgan fingerprint density at radius 1 is 1.54 bits per heavy atom. The van der Waals surface area contributed by atoms with Gasteiger partial charge in [-0.1, -0.05) is 24.6 Å². The number of aryl methyl sites for hydroxylation is 1. The normalized spacial score (nSPS) is 9.77. The number of benzene rings is 1. The molecule has 0 aliphatic carbocycles. The fraction of sp³-hybridized carbons (Fsp3) is 0.300. The maximum Gasteiger partial charge on any atom is 0.308 e. The summed E-state index contributed by atoms with van der Waals surface area (Å²) in [5, 5.41) is 0.481. The zero-order valence-electron chi connectivity index (χ0n) is 7.63. The molecule has 0 saturated carbocycles. The van der Waals surface area contributed by atoms with E-state index in [-0.39, 0.29) is 5.97 Å². The van der Waals surface area contributed by atoms with Crippen molar-refractivity contribution in [1.82, 2.24) is 0 Å². The van der Waals surface area contributed by atoms with Crippen LogP contribution < -0.4 is 4.74 Å². The van der Waals surface area contributed by atoms with Crippen LogP contribution in [0.4, 0.5) is 0 Å². The van der Waals surface area contributed by atoms with Crippen LogP contribution in [0.5, 0.6) is 5.75 Å². The van der Waals surface area contributed by atoms with E-state index in [1.54, 1.807) is 12.1 Å². The number of carbonyl (C=O) groups excluding carboxylic acids is 1. The van der Waals surface area contributed by atoms with Gasteiger partial charge >= 0.3 is 5.97 Å². The van der Waals surface area contributed by atoms with E-state index < -0.39 is 0 Å². The van der Waals surface area contributed by atoms with Crippen molar-refractivity contribution >= 4 is 17.6 Å². The highest BCUT2D eigenvalue weighted by atomic mass is 35.5. The highest BCUT2D eigenvalue weighted by molar-refractivity contribution is 6.32. The zero-order valence-corrected chi connectivity index (χ0v) is 8.39. The molecule has 0 unspecified atom stereocenters. The zero-order chi connectivity index (χ0) is 9.84. The largest absolute Gasteiger partial charge is 0.425 e. The summed E-state index contributed by atoms with van der Waals surface area (Å²) in [6, 6.07) is 5.41. The number of rotatable bonds is 2. The van der Waals surface area contributed by atoms with Crippen LogP contribution in [0.2, 0.25) is 5.02 Å². The molecule has 0 bridgehead atoms.